The van der Waals surface area contributed by atoms with E-state index in [1.807, 2.05) is 0 Å². The van der Waals surface area contributed by atoms with Gasteiger partial charge in [0, 0.05) is 7.11 Å². The molecule has 0 aromatic heterocycles. The van der Waals surface area contributed by atoms with E-state index in [0.717, 1.165) is 7.11 Å². The average Bonchev–Trinajstić information content (AvgIpc) is 1.93. The first kappa shape index (κ1) is 11.1. The largest absolute Gasteiger partial charge is 0.507 e. The predicted octanol–water partition coefficient (Wildman–Crippen LogP) is 0.398. The van der Waals surface area contributed by atoms with Crippen LogP contribution < -0.4 is 0 Å². The predicted molar refractivity (Wildman–Crippen MR) is 32.2 cm³/mol. The first-order valence-corrected chi connectivity index (χ1v) is 2.46. The molecule has 0 fully saturated rings. The van der Waals surface area contributed by atoms with Gasteiger partial charge in [0.15, 0.2) is 0 Å². The minimum absolute atomic E-state index is 0.368. The van der Waals surface area contributed by atoms with Crippen LogP contribution >= 0.6 is 0 Å². The third kappa shape index (κ3) is 11.1. The molecule has 0 bridgehead atoms. The lowest BCUT2D eigenvalue weighted by atomic mass is 10.9. The van der Waals surface area contributed by atoms with Gasteiger partial charge in [-0.2, -0.15) is 0 Å². The van der Waals surface area contributed by atoms with Gasteiger partial charge in [-0.1, -0.05) is 0 Å². The van der Waals surface area contributed by atoms with Crippen LogP contribution in [0, 0.1) is 0 Å². The molecule has 0 amide bonds. The van der Waals surface area contributed by atoms with Crippen LogP contribution in [0.3, 0.4) is 0 Å². The zero-order chi connectivity index (χ0) is 7.70. The fourth-order valence-corrected chi connectivity index (χ4v) is 0.177. The third-order valence-corrected chi connectivity index (χ3v) is 0.429. The SMILES string of the molecule is CCOC(=O)OC.CO. The summed E-state index contributed by atoms with van der Waals surface area (Å²) in [4.78, 5) is 9.97. The number of aliphatic hydroxyl groups is 1. The molecule has 4 heteroatoms. The van der Waals surface area contributed by atoms with Crippen molar-refractivity contribution in [2.75, 3.05) is 20.8 Å². The fraction of sp³-hybridized carbons (Fsp3) is 0.800. The van der Waals surface area contributed by atoms with Gasteiger partial charge in [0.05, 0.1) is 13.7 Å². The molecular formula is C5H12O4. The van der Waals surface area contributed by atoms with Crippen molar-refractivity contribution in [2.45, 2.75) is 6.92 Å². The molecule has 0 saturated heterocycles. The van der Waals surface area contributed by atoms with Crippen molar-refractivity contribution in [2.24, 2.45) is 0 Å². The van der Waals surface area contributed by atoms with Crippen LogP contribution in [-0.2, 0) is 9.47 Å². The van der Waals surface area contributed by atoms with Gasteiger partial charge in [0.2, 0.25) is 0 Å². The number of ether oxygens (including phenoxy) is 2. The Hall–Kier alpha value is -0.770. The van der Waals surface area contributed by atoms with Gasteiger partial charge < -0.3 is 14.6 Å². The molecule has 4 nitrogen and oxygen atoms in total. The topological polar surface area (TPSA) is 55.8 Å². The number of carbonyl (C=O) groups is 1. The van der Waals surface area contributed by atoms with Crippen LogP contribution in [0.5, 0.6) is 0 Å². The summed E-state index contributed by atoms with van der Waals surface area (Å²) in [5.74, 6) is 0. The molecule has 0 aliphatic rings. The first-order chi connectivity index (χ1) is 4.31. The van der Waals surface area contributed by atoms with Crippen LogP contribution in [0.4, 0.5) is 4.79 Å². The van der Waals surface area contributed by atoms with Gasteiger partial charge in [0.1, 0.15) is 0 Å². The highest BCUT2D eigenvalue weighted by atomic mass is 16.7. The molecule has 0 spiro atoms. The zero-order valence-corrected chi connectivity index (χ0v) is 5.88. The molecule has 9 heavy (non-hydrogen) atoms. The lowest BCUT2D eigenvalue weighted by Crippen LogP contribution is -2.02. The minimum atomic E-state index is -0.623. The van der Waals surface area contributed by atoms with Gasteiger partial charge in [-0.15, -0.1) is 0 Å². The molecule has 0 aliphatic carbocycles. The van der Waals surface area contributed by atoms with Gasteiger partial charge in [-0.05, 0) is 6.92 Å². The van der Waals surface area contributed by atoms with Crippen molar-refractivity contribution in [3.8, 4) is 0 Å². The van der Waals surface area contributed by atoms with E-state index in [2.05, 4.69) is 9.47 Å². The minimum Gasteiger partial charge on any atom is -0.438 e. The number of rotatable bonds is 1. The summed E-state index contributed by atoms with van der Waals surface area (Å²) in [6.45, 7) is 2.09. The van der Waals surface area contributed by atoms with Crippen molar-refractivity contribution < 1.29 is 19.4 Å². The van der Waals surface area contributed by atoms with E-state index in [9.17, 15) is 4.79 Å². The van der Waals surface area contributed by atoms with E-state index in [1.165, 1.54) is 7.11 Å². The van der Waals surface area contributed by atoms with Crippen LogP contribution in [-0.4, -0.2) is 32.1 Å². The summed E-state index contributed by atoms with van der Waals surface area (Å²) >= 11 is 0. The molecule has 0 rings (SSSR count). The zero-order valence-electron chi connectivity index (χ0n) is 5.88. The fourth-order valence-electron chi connectivity index (χ4n) is 0.177. The lowest BCUT2D eigenvalue weighted by Gasteiger charge is -1.94. The normalized spacial score (nSPS) is 6.67. The van der Waals surface area contributed by atoms with Crippen molar-refractivity contribution in [1.29, 1.82) is 0 Å². The molecule has 0 aliphatic heterocycles. The Balaban J connectivity index is 0. The quantitative estimate of drug-likeness (QED) is 0.530. The van der Waals surface area contributed by atoms with E-state index in [4.69, 9.17) is 5.11 Å². The molecule has 0 unspecified atom stereocenters. The monoisotopic (exact) mass is 136 g/mol. The Morgan fingerprint density at radius 1 is 1.56 bits per heavy atom. The summed E-state index contributed by atoms with van der Waals surface area (Å²) in [6.07, 6.45) is -0.623. The average molecular weight is 136 g/mol. The second-order valence-electron chi connectivity index (χ2n) is 0.887. The first-order valence-electron chi connectivity index (χ1n) is 2.46. The maximum absolute atomic E-state index is 9.97. The smallest absolute Gasteiger partial charge is 0.438 e. The Kier molecular flexibility index (Phi) is 12.6. The number of carbonyl (C=O) groups excluding carboxylic acids is 1. The number of aliphatic hydroxyl groups excluding tert-OH is 1. The van der Waals surface area contributed by atoms with Gasteiger partial charge in [-0.3, -0.25) is 0 Å². The van der Waals surface area contributed by atoms with Gasteiger partial charge in [0.25, 0.3) is 0 Å². The van der Waals surface area contributed by atoms with Gasteiger partial charge in [-0.25, -0.2) is 4.79 Å². The molecule has 0 aromatic rings. The molecular weight excluding hydrogens is 124 g/mol. The van der Waals surface area contributed by atoms with Crippen LogP contribution in [0.2, 0.25) is 0 Å². The van der Waals surface area contributed by atoms with Crippen molar-refractivity contribution in [1.82, 2.24) is 0 Å². The van der Waals surface area contributed by atoms with Crippen LogP contribution in [0.1, 0.15) is 6.92 Å². The summed E-state index contributed by atoms with van der Waals surface area (Å²) in [7, 11) is 2.28. The highest BCUT2D eigenvalue weighted by molar-refractivity contribution is 5.59. The Morgan fingerprint density at radius 3 is 2.11 bits per heavy atom. The summed E-state index contributed by atoms with van der Waals surface area (Å²) < 4.78 is 8.46. The van der Waals surface area contributed by atoms with Crippen molar-refractivity contribution in [3.63, 3.8) is 0 Å². The molecule has 0 heterocycles. The van der Waals surface area contributed by atoms with E-state index < -0.39 is 6.16 Å². The number of methoxy groups -OCH3 is 1. The summed E-state index contributed by atoms with van der Waals surface area (Å²) in [6, 6.07) is 0. The van der Waals surface area contributed by atoms with Crippen molar-refractivity contribution in [3.05, 3.63) is 0 Å². The van der Waals surface area contributed by atoms with E-state index >= 15 is 0 Å². The molecule has 0 atom stereocenters. The van der Waals surface area contributed by atoms with Gasteiger partial charge >= 0.3 is 6.16 Å². The molecule has 0 aromatic carbocycles. The Morgan fingerprint density at radius 2 is 2.00 bits per heavy atom. The molecule has 0 saturated carbocycles. The third-order valence-electron chi connectivity index (χ3n) is 0.429. The van der Waals surface area contributed by atoms with Crippen LogP contribution in [0.25, 0.3) is 0 Å². The molecule has 56 valence electrons. The maximum Gasteiger partial charge on any atom is 0.507 e. The van der Waals surface area contributed by atoms with Crippen LogP contribution in [0.15, 0.2) is 0 Å². The maximum atomic E-state index is 9.97. The Labute approximate surface area is 54.4 Å². The van der Waals surface area contributed by atoms with E-state index in [0.29, 0.717) is 6.61 Å². The summed E-state index contributed by atoms with van der Waals surface area (Å²) in [5, 5.41) is 7.00. The highest BCUT2D eigenvalue weighted by Crippen LogP contribution is 1.77. The second-order valence-corrected chi connectivity index (χ2v) is 0.887. The molecule has 1 N–H and O–H groups in total. The van der Waals surface area contributed by atoms with E-state index in [1.54, 1.807) is 6.92 Å². The second kappa shape index (κ2) is 10.3. The standard InChI is InChI=1S/C4H8O3.CH4O/c1-3-7-4(5)6-2;1-2/h3H2,1-2H3;2H,1H3. The molecule has 0 radical (unpaired) electrons. The van der Waals surface area contributed by atoms with Crippen molar-refractivity contribution >= 4 is 6.16 Å². The Bertz CT molecular complexity index is 62.0. The number of hydrogen-bond donors (Lipinski definition) is 1. The highest BCUT2D eigenvalue weighted by Gasteiger charge is 1.92. The van der Waals surface area contributed by atoms with E-state index in [-0.39, 0.29) is 0 Å². The summed E-state index contributed by atoms with van der Waals surface area (Å²) in [5.41, 5.74) is 0. The lowest BCUT2D eigenvalue weighted by molar-refractivity contribution is 0.0771. The number of hydrogen-bond acceptors (Lipinski definition) is 4.